The first-order valence-corrected chi connectivity index (χ1v) is 14.3. The van der Waals surface area contributed by atoms with Gasteiger partial charge in [-0.05, 0) is 0 Å². The predicted molar refractivity (Wildman–Crippen MR) is 132 cm³/mol. The summed E-state index contributed by atoms with van der Waals surface area (Å²) in [6.07, 6.45) is -0.501. The van der Waals surface area contributed by atoms with Gasteiger partial charge in [-0.25, -0.2) is 0 Å². The van der Waals surface area contributed by atoms with Gasteiger partial charge in [0, 0.05) is 0 Å². The Kier molecular flexibility index (Phi) is 8.50. The van der Waals surface area contributed by atoms with Gasteiger partial charge in [-0.2, -0.15) is 0 Å². The van der Waals surface area contributed by atoms with Crippen LogP contribution in [0.4, 0.5) is 13.2 Å². The summed E-state index contributed by atoms with van der Waals surface area (Å²) in [5, 5.41) is 14.2. The van der Waals surface area contributed by atoms with E-state index in [1.807, 2.05) is 12.1 Å². The summed E-state index contributed by atoms with van der Waals surface area (Å²) < 4.78 is 38.8. The molecule has 2 aliphatic rings. The second-order valence-electron chi connectivity index (χ2n) is 9.49. The van der Waals surface area contributed by atoms with E-state index in [-0.39, 0.29) is 21.4 Å². The molecule has 0 aromatic heterocycles. The van der Waals surface area contributed by atoms with Crippen LogP contribution in [0.15, 0.2) is 48.5 Å². The molecule has 1 unspecified atom stereocenters. The van der Waals surface area contributed by atoms with E-state index >= 15 is 0 Å². The zero-order valence-electron chi connectivity index (χ0n) is 19.6. The Labute approximate surface area is 220 Å². The summed E-state index contributed by atoms with van der Waals surface area (Å²) in [4.78, 5) is 27.1. The van der Waals surface area contributed by atoms with Gasteiger partial charge in [-0.1, -0.05) is 0 Å². The molecule has 1 saturated heterocycles. The average Bonchev–Trinajstić information content (AvgIpc) is 3.31. The topological polar surface area (TPSA) is 69.6 Å². The van der Waals surface area contributed by atoms with E-state index in [0.29, 0.717) is 23.9 Å². The van der Waals surface area contributed by atoms with Crippen molar-refractivity contribution in [3.05, 3.63) is 70.2 Å². The molecule has 0 bridgehead atoms. The van der Waals surface area contributed by atoms with Crippen LogP contribution in [0.5, 0.6) is 0 Å². The molecule has 10 heteroatoms. The second-order valence-corrected chi connectivity index (χ2v) is 13.0. The molecule has 1 aliphatic carbocycles. The Morgan fingerprint density at radius 3 is 2.47 bits per heavy atom. The Balaban J connectivity index is 1.21. The molecule has 1 heterocycles. The molecule has 36 heavy (non-hydrogen) atoms. The van der Waals surface area contributed by atoms with Gasteiger partial charge >= 0.3 is 220 Å². The van der Waals surface area contributed by atoms with Crippen molar-refractivity contribution in [2.24, 2.45) is 0 Å². The van der Waals surface area contributed by atoms with Crippen molar-refractivity contribution < 1.29 is 27.9 Å². The fourth-order valence-corrected chi connectivity index (χ4v) is 7.51. The fraction of sp³-hybridized carbons (Fsp3) is 0.462. The third kappa shape index (κ3) is 6.71. The van der Waals surface area contributed by atoms with Crippen molar-refractivity contribution in [2.75, 3.05) is 19.6 Å². The number of hydrogen-bond acceptors (Lipinski definition) is 4. The zero-order valence-corrected chi connectivity index (χ0v) is 22.2. The third-order valence-electron chi connectivity index (χ3n) is 7.05. The molecule has 5 nitrogen and oxygen atoms in total. The molecular formula is C26H28AsClF3N2O3. The summed E-state index contributed by atoms with van der Waals surface area (Å²) in [5.74, 6) is -0.681. The van der Waals surface area contributed by atoms with Crippen LogP contribution in [0.25, 0.3) is 0 Å². The van der Waals surface area contributed by atoms with E-state index in [1.54, 1.807) is 12.1 Å². The molecule has 2 fully saturated rings. The monoisotopic (exact) mass is 583 g/mol. The molecule has 1 atom stereocenters. The quantitative estimate of drug-likeness (QED) is 0.466. The van der Waals surface area contributed by atoms with Gasteiger partial charge in [0.1, 0.15) is 0 Å². The fourth-order valence-electron chi connectivity index (χ4n) is 5.04. The first-order chi connectivity index (χ1) is 17.0. The van der Waals surface area contributed by atoms with E-state index in [0.717, 1.165) is 50.0 Å². The molecule has 2 aromatic carbocycles. The van der Waals surface area contributed by atoms with Crippen molar-refractivity contribution in [3.63, 3.8) is 0 Å². The Hall–Kier alpha value is -1.86. The number of carbonyl (C=O) groups excluding carboxylic acids is 2. The Morgan fingerprint density at radius 2 is 1.81 bits per heavy atom. The number of amides is 1. The summed E-state index contributed by atoms with van der Waals surface area (Å²) in [6.45, 7) is 1.58. The van der Waals surface area contributed by atoms with Crippen molar-refractivity contribution in [2.45, 2.75) is 54.6 Å². The SMILES string of the molecule is O=C(CNC(=O)c1cccc(C(F)(F)F)c1)[As]C1CCN(C2CCC(O)(c3ccc(Cl)cc3)CC2)C1. The van der Waals surface area contributed by atoms with Crippen LogP contribution in [-0.4, -0.2) is 61.9 Å². The molecule has 1 saturated carbocycles. The number of alkyl halides is 3. The third-order valence-corrected chi connectivity index (χ3v) is 9.89. The van der Waals surface area contributed by atoms with Crippen LogP contribution in [0.2, 0.25) is 9.73 Å². The van der Waals surface area contributed by atoms with Crippen LogP contribution in [-0.2, 0) is 16.6 Å². The minimum absolute atomic E-state index is 0.0424. The number of hydrogen-bond donors (Lipinski definition) is 2. The number of aliphatic hydroxyl groups is 1. The van der Waals surface area contributed by atoms with Gasteiger partial charge in [-0.3, -0.25) is 0 Å². The first-order valence-electron chi connectivity index (χ1n) is 12.0. The molecule has 4 rings (SSSR count). The standard InChI is InChI=1S/C26H28AsClF3N2O3/c28-21-6-4-18(5-7-21)25(36)11-8-22(9-12-25)33-13-10-20(16-33)27-23(34)15-32-24(35)17-2-1-3-19(14-17)26(29,30)31/h1-7,14,20,22,36H,8-13,15-16H2,(H,32,35). The van der Waals surface area contributed by atoms with Crippen LogP contribution >= 0.6 is 11.6 Å². The van der Waals surface area contributed by atoms with Crippen LogP contribution in [0, 0.1) is 0 Å². The van der Waals surface area contributed by atoms with Crippen LogP contribution in [0.3, 0.4) is 0 Å². The van der Waals surface area contributed by atoms with Crippen LogP contribution in [0.1, 0.15) is 53.6 Å². The van der Waals surface area contributed by atoms with E-state index in [9.17, 15) is 27.9 Å². The Bertz CT molecular complexity index is 1090. The zero-order chi connectivity index (χ0) is 25.9. The molecule has 1 amide bonds. The number of rotatable bonds is 7. The summed E-state index contributed by atoms with van der Waals surface area (Å²) in [5.41, 5.74) is -0.947. The van der Waals surface area contributed by atoms with E-state index in [4.69, 9.17) is 11.6 Å². The van der Waals surface area contributed by atoms with Crippen LogP contribution < -0.4 is 5.32 Å². The van der Waals surface area contributed by atoms with E-state index in [2.05, 4.69) is 10.2 Å². The first kappa shape index (κ1) is 27.2. The maximum atomic E-state index is 12.9. The van der Waals surface area contributed by atoms with E-state index < -0.39 is 39.0 Å². The molecule has 2 aromatic rings. The van der Waals surface area contributed by atoms with Gasteiger partial charge in [0.25, 0.3) is 0 Å². The Morgan fingerprint density at radius 1 is 1.11 bits per heavy atom. The van der Waals surface area contributed by atoms with Crippen molar-refractivity contribution in [1.29, 1.82) is 0 Å². The molecule has 2 N–H and O–H groups in total. The van der Waals surface area contributed by atoms with Gasteiger partial charge < -0.3 is 0 Å². The molecule has 193 valence electrons. The minimum atomic E-state index is -4.53. The van der Waals surface area contributed by atoms with E-state index in [1.165, 1.54) is 12.1 Å². The maximum absolute atomic E-state index is 12.9. The predicted octanol–water partition coefficient (Wildman–Crippen LogP) is 4.64. The normalized spacial score (nSPS) is 25.4. The summed E-state index contributed by atoms with van der Waals surface area (Å²) in [7, 11) is 0. The van der Waals surface area contributed by atoms with Gasteiger partial charge in [0.05, 0.1) is 0 Å². The summed E-state index contributed by atoms with van der Waals surface area (Å²) in [6, 6.07) is 11.9. The second kappa shape index (κ2) is 11.3. The van der Waals surface area contributed by atoms with Gasteiger partial charge in [0.15, 0.2) is 0 Å². The number of carbonyl (C=O) groups is 2. The number of halogens is 4. The molecule has 1 radical (unpaired) electrons. The summed E-state index contributed by atoms with van der Waals surface area (Å²) >= 11 is 5.32. The molecular weight excluding hydrogens is 556 g/mol. The van der Waals surface area contributed by atoms with Gasteiger partial charge in [-0.15, -0.1) is 0 Å². The molecule has 1 aliphatic heterocycles. The molecule has 0 spiro atoms. The van der Waals surface area contributed by atoms with Gasteiger partial charge in [0.2, 0.25) is 0 Å². The van der Waals surface area contributed by atoms with Crippen molar-refractivity contribution in [3.8, 4) is 0 Å². The average molecular weight is 584 g/mol. The van der Waals surface area contributed by atoms with Crippen molar-refractivity contribution >= 4 is 37.8 Å². The van der Waals surface area contributed by atoms with Crippen molar-refractivity contribution in [1.82, 2.24) is 10.2 Å². The number of nitrogens with one attached hydrogen (secondary N) is 1. The number of nitrogens with zero attached hydrogens (tertiary/aromatic N) is 1. The number of likely N-dealkylation sites (tertiary alicyclic amines) is 1. The number of benzene rings is 2.